The number of hydrogen-bond donors (Lipinski definition) is 2. The van der Waals surface area contributed by atoms with E-state index in [2.05, 4.69) is 4.98 Å². The van der Waals surface area contributed by atoms with Crippen molar-refractivity contribution in [3.8, 4) is 0 Å². The maximum absolute atomic E-state index is 13.1. The van der Waals surface area contributed by atoms with E-state index in [9.17, 15) is 19.0 Å². The molecule has 1 fully saturated rings. The zero-order valence-electron chi connectivity index (χ0n) is 12.3. The molecule has 2 heterocycles. The molecule has 1 aliphatic rings. The van der Waals surface area contributed by atoms with Crippen LogP contribution in [0.3, 0.4) is 0 Å². The van der Waals surface area contributed by atoms with E-state index in [1.165, 1.54) is 6.07 Å². The Hall–Kier alpha value is -1.50. The number of halogens is 3. The summed E-state index contributed by atoms with van der Waals surface area (Å²) in [5, 5.41) is 20.1. The van der Waals surface area contributed by atoms with E-state index in [0.29, 0.717) is 34.7 Å². The molecular weight excluding hydrogens is 326 g/mol. The number of nitrogens with zero attached hydrogens (tertiary/aromatic N) is 2. The van der Waals surface area contributed by atoms with Crippen LogP contribution in [0.4, 0.5) is 14.5 Å². The summed E-state index contributed by atoms with van der Waals surface area (Å²) >= 11 is 6.04. The summed E-state index contributed by atoms with van der Waals surface area (Å²) in [4.78, 5) is 5.90. The van der Waals surface area contributed by atoms with Gasteiger partial charge in [-0.3, -0.25) is 0 Å². The molecule has 0 spiro atoms. The SMILES string of the molecule is OC[C@@H]1CN(c2cc(C(F)F)nc3ccc(Cl)cc23)C[C@@H]1CO. The van der Waals surface area contributed by atoms with Crippen LogP contribution >= 0.6 is 11.6 Å². The molecule has 0 amide bonds. The number of anilines is 1. The summed E-state index contributed by atoms with van der Waals surface area (Å²) in [6, 6.07) is 6.31. The molecule has 1 aromatic carbocycles. The largest absolute Gasteiger partial charge is 0.396 e. The Kier molecular flexibility index (Phi) is 4.66. The average molecular weight is 343 g/mol. The monoisotopic (exact) mass is 342 g/mol. The number of benzene rings is 1. The third kappa shape index (κ3) is 3.11. The van der Waals surface area contributed by atoms with Gasteiger partial charge in [-0.25, -0.2) is 13.8 Å². The van der Waals surface area contributed by atoms with E-state index < -0.39 is 6.43 Å². The molecule has 1 aliphatic heterocycles. The minimum atomic E-state index is -2.67. The summed E-state index contributed by atoms with van der Waals surface area (Å²) in [5.41, 5.74) is 0.778. The van der Waals surface area contributed by atoms with Gasteiger partial charge >= 0.3 is 0 Å². The molecule has 4 nitrogen and oxygen atoms in total. The van der Waals surface area contributed by atoms with Crippen molar-refractivity contribution in [2.24, 2.45) is 11.8 Å². The topological polar surface area (TPSA) is 56.6 Å². The van der Waals surface area contributed by atoms with E-state index >= 15 is 0 Å². The number of hydrogen-bond acceptors (Lipinski definition) is 4. The summed E-state index contributed by atoms with van der Waals surface area (Å²) in [6.45, 7) is 0.895. The van der Waals surface area contributed by atoms with Gasteiger partial charge in [0.05, 0.1) is 5.52 Å². The highest BCUT2D eigenvalue weighted by Crippen LogP contribution is 2.36. The van der Waals surface area contributed by atoms with Gasteiger partial charge in [-0.15, -0.1) is 0 Å². The molecule has 1 saturated heterocycles. The van der Waals surface area contributed by atoms with Gasteiger partial charge in [0.15, 0.2) is 0 Å². The number of pyridine rings is 1. The van der Waals surface area contributed by atoms with Crippen LogP contribution in [0.5, 0.6) is 0 Å². The van der Waals surface area contributed by atoms with Crippen LogP contribution in [0.15, 0.2) is 24.3 Å². The lowest BCUT2D eigenvalue weighted by atomic mass is 9.98. The number of fused-ring (bicyclic) bond motifs is 1. The third-order valence-corrected chi connectivity index (χ3v) is 4.61. The summed E-state index contributed by atoms with van der Waals surface area (Å²) in [5.74, 6) is -0.171. The minimum absolute atomic E-state index is 0.0484. The van der Waals surface area contributed by atoms with Crippen LogP contribution in [-0.4, -0.2) is 41.5 Å². The van der Waals surface area contributed by atoms with Crippen LogP contribution in [0, 0.1) is 11.8 Å². The molecule has 3 rings (SSSR count). The Morgan fingerprint density at radius 1 is 1.17 bits per heavy atom. The lowest BCUT2D eigenvalue weighted by Gasteiger charge is -2.21. The molecule has 23 heavy (non-hydrogen) atoms. The van der Waals surface area contributed by atoms with Gasteiger partial charge in [0.2, 0.25) is 0 Å². The summed E-state index contributed by atoms with van der Waals surface area (Å²) in [7, 11) is 0. The Bertz CT molecular complexity index is 702. The van der Waals surface area contributed by atoms with Crippen molar-refractivity contribution in [2.45, 2.75) is 6.43 Å². The first-order chi connectivity index (χ1) is 11.0. The van der Waals surface area contributed by atoms with E-state index in [1.54, 1.807) is 18.2 Å². The second kappa shape index (κ2) is 6.55. The summed E-state index contributed by atoms with van der Waals surface area (Å²) < 4.78 is 26.3. The maximum atomic E-state index is 13.1. The summed E-state index contributed by atoms with van der Waals surface area (Å²) in [6.07, 6.45) is -2.67. The first kappa shape index (κ1) is 16.4. The zero-order valence-corrected chi connectivity index (χ0v) is 13.0. The smallest absolute Gasteiger partial charge is 0.280 e. The van der Waals surface area contributed by atoms with Gasteiger partial charge in [0, 0.05) is 54.2 Å². The second-order valence-electron chi connectivity index (χ2n) is 5.82. The molecule has 124 valence electrons. The van der Waals surface area contributed by atoms with Crippen LogP contribution in [0.1, 0.15) is 12.1 Å². The standard InChI is InChI=1S/C16H17ClF2N2O2/c17-11-1-2-13-12(3-11)15(4-14(20-13)16(18)19)21-5-9(7-22)10(6-21)8-23/h1-4,9-10,16,22-23H,5-8H2/t9-,10+. The van der Waals surface area contributed by atoms with Crippen LogP contribution in [0.25, 0.3) is 10.9 Å². The van der Waals surface area contributed by atoms with Crippen molar-refractivity contribution in [3.63, 3.8) is 0 Å². The van der Waals surface area contributed by atoms with Crippen molar-refractivity contribution < 1.29 is 19.0 Å². The van der Waals surface area contributed by atoms with Crippen molar-refractivity contribution in [1.82, 2.24) is 4.98 Å². The fraction of sp³-hybridized carbons (Fsp3) is 0.438. The highest BCUT2D eigenvalue weighted by molar-refractivity contribution is 6.31. The molecule has 2 atom stereocenters. The van der Waals surface area contributed by atoms with Crippen molar-refractivity contribution in [1.29, 1.82) is 0 Å². The molecule has 0 radical (unpaired) electrons. The van der Waals surface area contributed by atoms with Gasteiger partial charge < -0.3 is 15.1 Å². The average Bonchev–Trinajstić information content (AvgIpc) is 2.96. The molecule has 0 aliphatic carbocycles. The van der Waals surface area contributed by atoms with E-state index in [-0.39, 0.29) is 30.7 Å². The lowest BCUT2D eigenvalue weighted by Crippen LogP contribution is -2.21. The Morgan fingerprint density at radius 2 is 1.83 bits per heavy atom. The molecule has 2 N–H and O–H groups in total. The lowest BCUT2D eigenvalue weighted by molar-refractivity contribution is 0.146. The fourth-order valence-electron chi connectivity index (χ4n) is 3.12. The van der Waals surface area contributed by atoms with Crippen LogP contribution in [0.2, 0.25) is 5.02 Å². The Balaban J connectivity index is 2.10. The van der Waals surface area contributed by atoms with Gasteiger partial charge in [-0.2, -0.15) is 0 Å². The number of aromatic nitrogens is 1. The molecule has 1 aromatic heterocycles. The number of alkyl halides is 2. The van der Waals surface area contributed by atoms with Gasteiger partial charge in [0.25, 0.3) is 6.43 Å². The number of rotatable bonds is 4. The van der Waals surface area contributed by atoms with Gasteiger partial charge in [0.1, 0.15) is 5.69 Å². The highest BCUT2D eigenvalue weighted by atomic mass is 35.5. The first-order valence-corrected chi connectivity index (χ1v) is 7.76. The maximum Gasteiger partial charge on any atom is 0.280 e. The van der Waals surface area contributed by atoms with Crippen LogP contribution in [-0.2, 0) is 0 Å². The predicted octanol–water partition coefficient (Wildman–Crippen LogP) is 2.86. The normalized spacial score (nSPS) is 21.6. The van der Waals surface area contributed by atoms with Crippen molar-refractivity contribution in [3.05, 3.63) is 35.0 Å². The molecule has 0 unspecified atom stereocenters. The molecule has 7 heteroatoms. The number of aliphatic hydroxyl groups excluding tert-OH is 2. The second-order valence-corrected chi connectivity index (χ2v) is 6.26. The molecule has 2 aromatic rings. The van der Waals surface area contributed by atoms with Crippen LogP contribution < -0.4 is 4.90 Å². The molecule has 0 bridgehead atoms. The number of aliphatic hydroxyl groups is 2. The molecule has 0 saturated carbocycles. The zero-order chi connectivity index (χ0) is 16.6. The van der Waals surface area contributed by atoms with E-state index in [1.807, 2.05) is 4.90 Å². The van der Waals surface area contributed by atoms with Gasteiger partial charge in [-0.05, 0) is 24.3 Å². The highest BCUT2D eigenvalue weighted by Gasteiger charge is 2.33. The third-order valence-electron chi connectivity index (χ3n) is 4.38. The van der Waals surface area contributed by atoms with E-state index in [0.717, 1.165) is 0 Å². The van der Waals surface area contributed by atoms with Crippen molar-refractivity contribution >= 4 is 28.2 Å². The predicted molar refractivity (Wildman–Crippen MR) is 85.1 cm³/mol. The minimum Gasteiger partial charge on any atom is -0.396 e. The Labute approximate surface area is 137 Å². The fourth-order valence-corrected chi connectivity index (χ4v) is 3.29. The van der Waals surface area contributed by atoms with Gasteiger partial charge in [-0.1, -0.05) is 11.6 Å². The molecular formula is C16H17ClF2N2O2. The van der Waals surface area contributed by atoms with Crippen molar-refractivity contribution in [2.75, 3.05) is 31.2 Å². The quantitative estimate of drug-likeness (QED) is 0.897. The van der Waals surface area contributed by atoms with E-state index in [4.69, 9.17) is 11.6 Å². The Morgan fingerprint density at radius 3 is 2.39 bits per heavy atom. The first-order valence-electron chi connectivity index (χ1n) is 7.38.